The molecule has 128 valence electrons. The highest BCUT2D eigenvalue weighted by molar-refractivity contribution is 7.17. The van der Waals surface area contributed by atoms with E-state index in [9.17, 15) is 9.59 Å². The molecule has 0 bridgehead atoms. The lowest BCUT2D eigenvalue weighted by Crippen LogP contribution is -2.26. The van der Waals surface area contributed by atoms with E-state index in [1.807, 2.05) is 0 Å². The summed E-state index contributed by atoms with van der Waals surface area (Å²) in [7, 11) is 0. The summed E-state index contributed by atoms with van der Waals surface area (Å²) >= 11 is 1.49. The molecule has 0 fully saturated rings. The third kappa shape index (κ3) is 3.93. The van der Waals surface area contributed by atoms with Crippen LogP contribution < -0.4 is 11.1 Å². The first-order valence-electron chi connectivity index (χ1n) is 8.09. The summed E-state index contributed by atoms with van der Waals surface area (Å²) < 4.78 is 5.19. The number of amides is 1. The van der Waals surface area contributed by atoms with Crippen molar-refractivity contribution in [3.05, 3.63) is 16.0 Å². The number of hydrogen-bond acceptors (Lipinski definition) is 5. The fourth-order valence-electron chi connectivity index (χ4n) is 3.01. The zero-order valence-electron chi connectivity index (χ0n) is 14.3. The molecular formula is C17H26N2O3S. The van der Waals surface area contributed by atoms with E-state index in [4.69, 9.17) is 10.5 Å². The molecule has 1 aliphatic rings. The van der Waals surface area contributed by atoms with E-state index in [1.165, 1.54) is 16.2 Å². The van der Waals surface area contributed by atoms with Crippen LogP contribution >= 0.6 is 11.3 Å². The molecule has 1 unspecified atom stereocenters. The van der Waals surface area contributed by atoms with Crippen molar-refractivity contribution in [2.75, 3.05) is 18.5 Å². The van der Waals surface area contributed by atoms with Crippen molar-refractivity contribution < 1.29 is 14.3 Å². The topological polar surface area (TPSA) is 81.4 Å². The van der Waals surface area contributed by atoms with Gasteiger partial charge in [-0.2, -0.15) is 0 Å². The Labute approximate surface area is 141 Å². The van der Waals surface area contributed by atoms with Gasteiger partial charge in [0.15, 0.2) is 0 Å². The highest BCUT2D eigenvalue weighted by Crippen LogP contribution is 2.44. The molecular weight excluding hydrogens is 312 g/mol. The highest BCUT2D eigenvalue weighted by atomic mass is 32.1. The maximum absolute atomic E-state index is 12.3. The Morgan fingerprint density at radius 3 is 2.65 bits per heavy atom. The van der Waals surface area contributed by atoms with E-state index in [1.54, 1.807) is 6.92 Å². The number of rotatable bonds is 4. The van der Waals surface area contributed by atoms with Crippen molar-refractivity contribution in [3.63, 3.8) is 0 Å². The summed E-state index contributed by atoms with van der Waals surface area (Å²) in [4.78, 5) is 25.2. The van der Waals surface area contributed by atoms with Crippen molar-refractivity contribution in [1.82, 2.24) is 0 Å². The predicted octanol–water partition coefficient (Wildman–Crippen LogP) is 2.97. The molecule has 0 saturated heterocycles. The van der Waals surface area contributed by atoms with E-state index in [0.29, 0.717) is 23.1 Å². The maximum atomic E-state index is 12.3. The van der Waals surface area contributed by atoms with Crippen molar-refractivity contribution >= 4 is 28.2 Å². The Morgan fingerprint density at radius 1 is 1.39 bits per heavy atom. The van der Waals surface area contributed by atoms with Gasteiger partial charge in [-0.15, -0.1) is 11.3 Å². The molecule has 1 atom stereocenters. The molecule has 23 heavy (non-hydrogen) atoms. The van der Waals surface area contributed by atoms with Crippen LogP contribution in [0.3, 0.4) is 0 Å². The minimum atomic E-state index is -0.355. The number of fused-ring (bicyclic) bond motifs is 1. The Balaban J connectivity index is 2.38. The molecule has 1 aliphatic carbocycles. The van der Waals surface area contributed by atoms with Gasteiger partial charge in [0.2, 0.25) is 5.91 Å². The van der Waals surface area contributed by atoms with Crippen LogP contribution in [0.4, 0.5) is 5.00 Å². The van der Waals surface area contributed by atoms with Gasteiger partial charge in [-0.25, -0.2) is 4.79 Å². The summed E-state index contributed by atoms with van der Waals surface area (Å²) in [5, 5.41) is 3.35. The minimum absolute atomic E-state index is 0.102. The largest absolute Gasteiger partial charge is 0.462 e. The van der Waals surface area contributed by atoms with E-state index in [0.717, 1.165) is 24.8 Å². The number of nitrogens with one attached hydrogen (secondary N) is 1. The second kappa shape index (κ2) is 7.01. The average Bonchev–Trinajstić information content (AvgIpc) is 2.83. The third-order valence-corrected chi connectivity index (χ3v) is 5.58. The molecule has 1 heterocycles. The number of anilines is 1. The molecule has 0 radical (unpaired) electrons. The van der Waals surface area contributed by atoms with Crippen LogP contribution in [-0.4, -0.2) is 25.0 Å². The van der Waals surface area contributed by atoms with Crippen LogP contribution in [0.2, 0.25) is 0 Å². The van der Waals surface area contributed by atoms with E-state index in [2.05, 4.69) is 26.1 Å². The summed E-state index contributed by atoms with van der Waals surface area (Å²) in [5.41, 5.74) is 7.18. The second-order valence-electron chi connectivity index (χ2n) is 6.99. The Hall–Kier alpha value is -1.40. The second-order valence-corrected chi connectivity index (χ2v) is 8.09. The van der Waals surface area contributed by atoms with Gasteiger partial charge in [0.1, 0.15) is 5.00 Å². The third-order valence-electron chi connectivity index (χ3n) is 4.41. The molecule has 0 aromatic carbocycles. The van der Waals surface area contributed by atoms with Crippen LogP contribution in [0.25, 0.3) is 0 Å². The van der Waals surface area contributed by atoms with E-state index >= 15 is 0 Å². The molecule has 1 aromatic heterocycles. The average molecular weight is 338 g/mol. The first kappa shape index (κ1) is 17.9. The minimum Gasteiger partial charge on any atom is -0.462 e. The van der Waals surface area contributed by atoms with E-state index in [-0.39, 0.29) is 23.8 Å². The Bertz CT molecular complexity index is 602. The summed E-state index contributed by atoms with van der Waals surface area (Å²) in [6.45, 7) is 8.75. The zero-order valence-corrected chi connectivity index (χ0v) is 15.1. The number of thiophene rings is 1. The van der Waals surface area contributed by atoms with Crippen molar-refractivity contribution in [1.29, 1.82) is 0 Å². The predicted molar refractivity (Wildman–Crippen MR) is 92.9 cm³/mol. The molecule has 1 aromatic rings. The fourth-order valence-corrected chi connectivity index (χ4v) is 4.34. The smallest absolute Gasteiger partial charge is 0.341 e. The van der Waals surface area contributed by atoms with Gasteiger partial charge in [0, 0.05) is 4.88 Å². The van der Waals surface area contributed by atoms with Crippen LogP contribution in [0.5, 0.6) is 0 Å². The van der Waals surface area contributed by atoms with Gasteiger partial charge in [0.25, 0.3) is 0 Å². The fraction of sp³-hybridized carbons (Fsp3) is 0.647. The van der Waals surface area contributed by atoms with Gasteiger partial charge in [-0.3, -0.25) is 4.79 Å². The van der Waals surface area contributed by atoms with Gasteiger partial charge >= 0.3 is 5.97 Å². The highest BCUT2D eigenvalue weighted by Gasteiger charge is 2.34. The van der Waals surface area contributed by atoms with Gasteiger partial charge < -0.3 is 15.8 Å². The molecule has 3 N–H and O–H groups in total. The van der Waals surface area contributed by atoms with Crippen molar-refractivity contribution in [3.8, 4) is 0 Å². The molecule has 2 rings (SSSR count). The van der Waals surface area contributed by atoms with Crippen LogP contribution in [-0.2, 0) is 22.4 Å². The summed E-state index contributed by atoms with van der Waals surface area (Å²) in [6.07, 6.45) is 2.83. The zero-order chi connectivity index (χ0) is 17.2. The SMILES string of the molecule is CCOC(=O)c1c(NC(=O)CN)sc2c1CCC(C(C)(C)C)C2. The lowest BCUT2D eigenvalue weighted by Gasteiger charge is -2.33. The lowest BCUT2D eigenvalue weighted by atomic mass is 9.72. The Morgan fingerprint density at radius 2 is 2.09 bits per heavy atom. The van der Waals surface area contributed by atoms with Gasteiger partial charge in [-0.05, 0) is 43.1 Å². The number of hydrogen-bond donors (Lipinski definition) is 2. The number of esters is 1. The number of carbonyl (C=O) groups excluding carboxylic acids is 2. The number of carbonyl (C=O) groups is 2. The summed E-state index contributed by atoms with van der Waals surface area (Å²) in [5.74, 6) is -0.0743. The van der Waals surface area contributed by atoms with Crippen molar-refractivity contribution in [2.24, 2.45) is 17.1 Å². The number of nitrogens with two attached hydrogens (primary N) is 1. The molecule has 6 heteroatoms. The Kier molecular flexibility index (Phi) is 5.47. The maximum Gasteiger partial charge on any atom is 0.341 e. The molecule has 1 amide bonds. The first-order valence-corrected chi connectivity index (χ1v) is 8.91. The van der Waals surface area contributed by atoms with Gasteiger partial charge in [0.05, 0.1) is 18.7 Å². The first-order chi connectivity index (χ1) is 10.8. The van der Waals surface area contributed by atoms with Crippen LogP contribution in [0.15, 0.2) is 0 Å². The monoisotopic (exact) mass is 338 g/mol. The van der Waals surface area contributed by atoms with Gasteiger partial charge in [-0.1, -0.05) is 20.8 Å². The van der Waals surface area contributed by atoms with Crippen LogP contribution in [0, 0.1) is 11.3 Å². The quantitative estimate of drug-likeness (QED) is 0.827. The standard InChI is InChI=1S/C17H26N2O3S/c1-5-22-16(21)14-11-7-6-10(17(2,3)4)8-12(11)23-15(14)19-13(20)9-18/h10H,5-9,18H2,1-4H3,(H,19,20). The van der Waals surface area contributed by atoms with Crippen molar-refractivity contribution in [2.45, 2.75) is 47.0 Å². The molecule has 0 saturated carbocycles. The summed E-state index contributed by atoms with van der Waals surface area (Å²) in [6, 6.07) is 0. The molecule has 5 nitrogen and oxygen atoms in total. The lowest BCUT2D eigenvalue weighted by molar-refractivity contribution is -0.114. The normalized spacial score (nSPS) is 17.5. The number of ether oxygens (including phenoxy) is 1. The molecule has 0 spiro atoms. The molecule has 0 aliphatic heterocycles. The van der Waals surface area contributed by atoms with Crippen LogP contribution in [0.1, 0.15) is 54.9 Å². The van der Waals surface area contributed by atoms with E-state index < -0.39 is 0 Å².